The highest BCUT2D eigenvalue weighted by atomic mass is 79.9. The Morgan fingerprint density at radius 1 is 1.60 bits per heavy atom. The second kappa shape index (κ2) is 3.62. The van der Waals surface area contributed by atoms with Crippen LogP contribution in [0.15, 0.2) is 16.9 Å². The van der Waals surface area contributed by atoms with Crippen LogP contribution in [0.2, 0.25) is 0 Å². The average molecular weight is 270 g/mol. The largest absolute Gasteiger partial charge is 0.465 e. The average Bonchev–Trinajstić information content (AvgIpc) is 2.53. The number of pyridine rings is 1. The zero-order chi connectivity index (χ0) is 11.0. The second-order valence-corrected chi connectivity index (χ2v) is 3.75. The molecule has 0 atom stereocenters. The molecule has 0 radical (unpaired) electrons. The number of carbonyl (C=O) groups excluding carboxylic acids is 1. The van der Waals surface area contributed by atoms with Gasteiger partial charge in [0.05, 0.1) is 18.2 Å². The first-order valence-electron chi connectivity index (χ1n) is 4.20. The molecule has 5 nitrogen and oxygen atoms in total. The normalized spacial score (nSPS) is 10.6. The molecule has 0 unspecified atom stereocenters. The van der Waals surface area contributed by atoms with Crippen LogP contribution in [-0.4, -0.2) is 27.8 Å². The Morgan fingerprint density at radius 2 is 2.33 bits per heavy atom. The molecule has 0 saturated carbocycles. The van der Waals surface area contributed by atoms with E-state index in [1.165, 1.54) is 13.3 Å². The molecule has 15 heavy (non-hydrogen) atoms. The van der Waals surface area contributed by atoms with Gasteiger partial charge in [0.25, 0.3) is 0 Å². The van der Waals surface area contributed by atoms with Gasteiger partial charge in [-0.05, 0) is 22.0 Å². The SMILES string of the molecule is COC(=O)c1cnc2c(Br)nn(C)c2c1. The summed E-state index contributed by atoms with van der Waals surface area (Å²) in [6.07, 6.45) is 1.47. The van der Waals surface area contributed by atoms with E-state index in [0.29, 0.717) is 10.2 Å². The summed E-state index contributed by atoms with van der Waals surface area (Å²) >= 11 is 3.29. The minimum Gasteiger partial charge on any atom is -0.465 e. The number of hydrogen-bond acceptors (Lipinski definition) is 4. The lowest BCUT2D eigenvalue weighted by molar-refractivity contribution is 0.0600. The van der Waals surface area contributed by atoms with Gasteiger partial charge >= 0.3 is 5.97 Å². The smallest absolute Gasteiger partial charge is 0.339 e. The molecular weight excluding hydrogens is 262 g/mol. The van der Waals surface area contributed by atoms with Crippen molar-refractivity contribution in [3.8, 4) is 0 Å². The van der Waals surface area contributed by atoms with E-state index in [0.717, 1.165) is 11.0 Å². The van der Waals surface area contributed by atoms with E-state index in [4.69, 9.17) is 0 Å². The lowest BCUT2D eigenvalue weighted by atomic mass is 10.2. The molecule has 6 heteroatoms. The molecule has 2 aromatic rings. The molecule has 0 spiro atoms. The second-order valence-electron chi connectivity index (χ2n) is 3.00. The Hall–Kier alpha value is -1.43. The highest BCUT2D eigenvalue weighted by molar-refractivity contribution is 9.10. The zero-order valence-electron chi connectivity index (χ0n) is 8.19. The van der Waals surface area contributed by atoms with Crippen molar-refractivity contribution in [3.05, 3.63) is 22.4 Å². The highest BCUT2D eigenvalue weighted by Gasteiger charge is 2.12. The van der Waals surface area contributed by atoms with Crippen LogP contribution in [0.1, 0.15) is 10.4 Å². The van der Waals surface area contributed by atoms with Gasteiger partial charge < -0.3 is 4.74 Å². The molecule has 2 aromatic heterocycles. The Morgan fingerprint density at radius 3 is 3.00 bits per heavy atom. The fourth-order valence-corrected chi connectivity index (χ4v) is 1.86. The van der Waals surface area contributed by atoms with Crippen LogP contribution in [0.25, 0.3) is 11.0 Å². The number of carbonyl (C=O) groups is 1. The van der Waals surface area contributed by atoms with Crippen molar-refractivity contribution in [1.82, 2.24) is 14.8 Å². The van der Waals surface area contributed by atoms with Gasteiger partial charge in [0.2, 0.25) is 0 Å². The molecule has 0 aliphatic carbocycles. The van der Waals surface area contributed by atoms with Crippen molar-refractivity contribution in [2.24, 2.45) is 7.05 Å². The molecule has 0 bridgehead atoms. The maximum absolute atomic E-state index is 11.3. The van der Waals surface area contributed by atoms with E-state index in [2.05, 4.69) is 30.7 Å². The van der Waals surface area contributed by atoms with Gasteiger partial charge in [-0.2, -0.15) is 5.10 Å². The molecule has 2 rings (SSSR count). The summed E-state index contributed by atoms with van der Waals surface area (Å²) in [5.41, 5.74) is 1.93. The van der Waals surface area contributed by atoms with Crippen molar-refractivity contribution in [3.63, 3.8) is 0 Å². The van der Waals surface area contributed by atoms with Crippen molar-refractivity contribution in [2.75, 3.05) is 7.11 Å². The van der Waals surface area contributed by atoms with Crippen molar-refractivity contribution in [2.45, 2.75) is 0 Å². The van der Waals surface area contributed by atoms with Crippen LogP contribution in [0.3, 0.4) is 0 Å². The van der Waals surface area contributed by atoms with E-state index in [1.54, 1.807) is 17.8 Å². The highest BCUT2D eigenvalue weighted by Crippen LogP contribution is 2.21. The van der Waals surface area contributed by atoms with E-state index in [1.807, 2.05) is 0 Å². The van der Waals surface area contributed by atoms with Gasteiger partial charge in [0.15, 0.2) is 4.60 Å². The molecule has 0 fully saturated rings. The summed E-state index contributed by atoms with van der Waals surface area (Å²) in [4.78, 5) is 15.4. The van der Waals surface area contributed by atoms with Crippen LogP contribution in [0.5, 0.6) is 0 Å². The molecule has 0 saturated heterocycles. The molecule has 0 amide bonds. The van der Waals surface area contributed by atoms with Gasteiger partial charge in [-0.1, -0.05) is 0 Å². The third-order valence-electron chi connectivity index (χ3n) is 2.07. The third kappa shape index (κ3) is 1.61. The van der Waals surface area contributed by atoms with E-state index in [9.17, 15) is 4.79 Å². The number of aromatic nitrogens is 3. The van der Waals surface area contributed by atoms with Gasteiger partial charge in [-0.25, -0.2) is 4.79 Å². The minimum atomic E-state index is -0.401. The number of ether oxygens (including phenoxy) is 1. The van der Waals surface area contributed by atoms with Crippen molar-refractivity contribution in [1.29, 1.82) is 0 Å². The number of fused-ring (bicyclic) bond motifs is 1. The summed E-state index contributed by atoms with van der Waals surface area (Å²) in [5.74, 6) is -0.401. The van der Waals surface area contributed by atoms with Crippen LogP contribution in [0.4, 0.5) is 0 Å². The fourth-order valence-electron chi connectivity index (χ4n) is 1.32. The number of nitrogens with zero attached hydrogens (tertiary/aromatic N) is 3. The predicted molar refractivity (Wildman–Crippen MR) is 57.5 cm³/mol. The summed E-state index contributed by atoms with van der Waals surface area (Å²) in [7, 11) is 3.13. The van der Waals surface area contributed by atoms with Crippen LogP contribution < -0.4 is 0 Å². The molecule has 78 valence electrons. The standard InChI is InChI=1S/C9H8BrN3O2/c1-13-6-3-5(9(14)15-2)4-11-7(6)8(10)12-13/h3-4H,1-2H3. The minimum absolute atomic E-state index is 0.401. The third-order valence-corrected chi connectivity index (χ3v) is 2.60. The molecule has 0 aromatic carbocycles. The first-order valence-corrected chi connectivity index (χ1v) is 4.99. The van der Waals surface area contributed by atoms with Crippen LogP contribution in [0, 0.1) is 0 Å². The lowest BCUT2D eigenvalue weighted by Crippen LogP contribution is -2.02. The van der Waals surface area contributed by atoms with Crippen molar-refractivity contribution < 1.29 is 9.53 Å². The number of esters is 1. The van der Waals surface area contributed by atoms with Gasteiger partial charge in [-0.3, -0.25) is 9.67 Å². The Balaban J connectivity index is 2.65. The van der Waals surface area contributed by atoms with Crippen molar-refractivity contribution >= 4 is 32.9 Å². The summed E-state index contributed by atoms with van der Waals surface area (Å²) < 4.78 is 6.93. The first-order chi connectivity index (χ1) is 7.13. The van der Waals surface area contributed by atoms with Crippen LogP contribution in [-0.2, 0) is 11.8 Å². The van der Waals surface area contributed by atoms with Gasteiger partial charge in [0, 0.05) is 13.2 Å². The van der Waals surface area contributed by atoms with Gasteiger partial charge in [0.1, 0.15) is 5.52 Å². The quantitative estimate of drug-likeness (QED) is 0.737. The monoisotopic (exact) mass is 269 g/mol. The number of aryl methyl sites for hydroxylation is 1. The molecule has 0 aliphatic rings. The van der Waals surface area contributed by atoms with E-state index in [-0.39, 0.29) is 0 Å². The lowest BCUT2D eigenvalue weighted by Gasteiger charge is -1.99. The summed E-state index contributed by atoms with van der Waals surface area (Å²) in [6, 6.07) is 1.70. The maximum Gasteiger partial charge on any atom is 0.339 e. The number of hydrogen-bond donors (Lipinski definition) is 0. The number of rotatable bonds is 1. The maximum atomic E-state index is 11.3. The van der Waals surface area contributed by atoms with E-state index >= 15 is 0 Å². The van der Waals surface area contributed by atoms with Gasteiger partial charge in [-0.15, -0.1) is 0 Å². The molecule has 2 heterocycles. The number of methoxy groups -OCH3 is 1. The summed E-state index contributed by atoms with van der Waals surface area (Å²) in [5, 5.41) is 4.14. The Labute approximate surface area is 94.2 Å². The number of halogens is 1. The first kappa shape index (κ1) is 10.1. The Bertz CT molecular complexity index is 535. The summed E-state index contributed by atoms with van der Waals surface area (Å²) in [6.45, 7) is 0. The topological polar surface area (TPSA) is 57.0 Å². The van der Waals surface area contributed by atoms with Crippen LogP contribution >= 0.6 is 15.9 Å². The molecule has 0 N–H and O–H groups in total. The molecular formula is C9H8BrN3O2. The Kier molecular flexibility index (Phi) is 2.44. The van der Waals surface area contributed by atoms with E-state index < -0.39 is 5.97 Å². The molecule has 0 aliphatic heterocycles. The fraction of sp³-hybridized carbons (Fsp3) is 0.222. The predicted octanol–water partition coefficient (Wildman–Crippen LogP) is 1.52. The zero-order valence-corrected chi connectivity index (χ0v) is 9.78.